The van der Waals surface area contributed by atoms with Crippen LogP contribution in [0.5, 0.6) is 0 Å². The number of hydrogen-bond donors (Lipinski definition) is 1. The van der Waals surface area contributed by atoms with E-state index in [2.05, 4.69) is 10.4 Å². The number of rotatable bonds is 5. The first-order valence-electron chi connectivity index (χ1n) is 10.4. The number of carbonyl (C=O) groups is 2. The largest absolute Gasteiger partial charge is 0.341 e. The zero-order valence-corrected chi connectivity index (χ0v) is 18.5. The summed E-state index contributed by atoms with van der Waals surface area (Å²) in [5, 5.41) is 7.33. The molecule has 0 aliphatic carbocycles. The van der Waals surface area contributed by atoms with E-state index < -0.39 is 0 Å². The summed E-state index contributed by atoms with van der Waals surface area (Å²) in [4.78, 5) is 39.1. The van der Waals surface area contributed by atoms with Crippen LogP contribution in [-0.4, -0.2) is 48.7 Å². The van der Waals surface area contributed by atoms with Gasteiger partial charge in [-0.1, -0.05) is 6.92 Å². The van der Waals surface area contributed by atoms with Crippen molar-refractivity contribution in [1.82, 2.24) is 23.8 Å². The van der Waals surface area contributed by atoms with Crippen LogP contribution < -0.4 is 11.0 Å². The van der Waals surface area contributed by atoms with Gasteiger partial charge in [0, 0.05) is 38.6 Å². The molecule has 1 aromatic carbocycles. The second-order valence-corrected chi connectivity index (χ2v) is 8.54. The summed E-state index contributed by atoms with van der Waals surface area (Å²) in [6.45, 7) is 7.17. The molecule has 1 fully saturated rings. The number of carbonyl (C=O) groups excluding carboxylic acids is 2. The van der Waals surface area contributed by atoms with Gasteiger partial charge in [-0.05, 0) is 38.1 Å². The topological polar surface area (TPSA) is 94.2 Å². The molecule has 1 saturated heterocycles. The Balaban J connectivity index is 1.34. The highest BCUT2D eigenvalue weighted by molar-refractivity contribution is 5.96. The fourth-order valence-electron chi connectivity index (χ4n) is 4.16. The molecule has 9 heteroatoms. The Morgan fingerprint density at radius 3 is 2.45 bits per heavy atom. The summed E-state index contributed by atoms with van der Waals surface area (Å²) in [6, 6.07) is 7.40. The van der Waals surface area contributed by atoms with Crippen molar-refractivity contribution in [3.63, 3.8) is 0 Å². The molecule has 164 valence electrons. The van der Waals surface area contributed by atoms with E-state index in [9.17, 15) is 14.4 Å². The van der Waals surface area contributed by atoms with E-state index in [0.29, 0.717) is 25.3 Å². The van der Waals surface area contributed by atoms with Crippen molar-refractivity contribution in [2.24, 2.45) is 25.9 Å². The van der Waals surface area contributed by atoms with Crippen molar-refractivity contribution in [3.05, 3.63) is 46.1 Å². The molecule has 3 heterocycles. The standard InChI is InChI=1S/C22H28N6O3/c1-13(10-28-15(3)8-14(2)24-28)21(30)27-11-16(12-27)20(29)23-17-6-7-18-19(9-17)26(5)22(31)25(18)4/h6-9,13,16H,10-12H2,1-5H3,(H,23,29). The molecule has 0 radical (unpaired) electrons. The van der Waals surface area contributed by atoms with E-state index in [1.54, 1.807) is 40.3 Å². The van der Waals surface area contributed by atoms with Gasteiger partial charge in [0.2, 0.25) is 11.8 Å². The lowest BCUT2D eigenvalue weighted by Gasteiger charge is -2.39. The van der Waals surface area contributed by atoms with Gasteiger partial charge in [0.1, 0.15) is 0 Å². The van der Waals surface area contributed by atoms with Gasteiger partial charge >= 0.3 is 5.69 Å². The summed E-state index contributed by atoms with van der Waals surface area (Å²) in [7, 11) is 3.43. The molecule has 1 N–H and O–H groups in total. The number of nitrogens with zero attached hydrogens (tertiary/aromatic N) is 5. The van der Waals surface area contributed by atoms with Gasteiger partial charge in [-0.3, -0.25) is 23.4 Å². The molecule has 0 saturated carbocycles. The average Bonchev–Trinajstić information content (AvgIpc) is 3.11. The second kappa shape index (κ2) is 7.72. The van der Waals surface area contributed by atoms with Crippen LogP contribution in [-0.2, 0) is 30.2 Å². The maximum Gasteiger partial charge on any atom is 0.328 e. The fourth-order valence-corrected chi connectivity index (χ4v) is 4.16. The molecule has 31 heavy (non-hydrogen) atoms. The van der Waals surface area contributed by atoms with Crippen LogP contribution in [0.1, 0.15) is 18.3 Å². The van der Waals surface area contributed by atoms with Crippen LogP contribution >= 0.6 is 0 Å². The Labute approximate surface area is 180 Å². The van der Waals surface area contributed by atoms with Crippen molar-refractivity contribution in [1.29, 1.82) is 0 Å². The van der Waals surface area contributed by atoms with Crippen molar-refractivity contribution >= 4 is 28.5 Å². The second-order valence-electron chi connectivity index (χ2n) is 8.54. The fraction of sp³-hybridized carbons (Fsp3) is 0.455. The minimum atomic E-state index is -0.236. The molecule has 4 rings (SSSR count). The Morgan fingerprint density at radius 2 is 1.81 bits per heavy atom. The van der Waals surface area contributed by atoms with Crippen LogP contribution in [0.2, 0.25) is 0 Å². The SMILES string of the molecule is Cc1cc(C)n(CC(C)C(=O)N2CC(C(=O)Nc3ccc4c(c3)n(C)c(=O)n4C)C2)n1. The monoisotopic (exact) mass is 424 g/mol. The zero-order valence-electron chi connectivity index (χ0n) is 18.5. The molecular formula is C22H28N6O3. The minimum Gasteiger partial charge on any atom is -0.341 e. The molecule has 2 aromatic heterocycles. The lowest BCUT2D eigenvalue weighted by atomic mass is 9.96. The van der Waals surface area contributed by atoms with Crippen LogP contribution in [0.25, 0.3) is 11.0 Å². The maximum atomic E-state index is 12.7. The normalized spacial score (nSPS) is 15.2. The Kier molecular flexibility index (Phi) is 5.20. The molecule has 3 aromatic rings. The third-order valence-electron chi connectivity index (χ3n) is 6.08. The Hall–Kier alpha value is -3.36. The van der Waals surface area contributed by atoms with Gasteiger partial charge in [0.25, 0.3) is 0 Å². The highest BCUT2D eigenvalue weighted by Crippen LogP contribution is 2.23. The third kappa shape index (κ3) is 3.75. The van der Waals surface area contributed by atoms with Gasteiger partial charge in [-0.25, -0.2) is 4.79 Å². The molecule has 9 nitrogen and oxygen atoms in total. The molecule has 0 bridgehead atoms. The number of likely N-dealkylation sites (tertiary alicyclic amines) is 1. The molecular weight excluding hydrogens is 396 g/mol. The maximum absolute atomic E-state index is 12.7. The number of anilines is 1. The third-order valence-corrected chi connectivity index (χ3v) is 6.08. The van der Waals surface area contributed by atoms with Crippen LogP contribution in [0.3, 0.4) is 0 Å². The van der Waals surface area contributed by atoms with Gasteiger partial charge < -0.3 is 10.2 Å². The van der Waals surface area contributed by atoms with E-state index in [4.69, 9.17) is 0 Å². The van der Waals surface area contributed by atoms with Gasteiger partial charge in [-0.15, -0.1) is 0 Å². The summed E-state index contributed by atoms with van der Waals surface area (Å²) >= 11 is 0. The molecule has 2 amide bonds. The first kappa shape index (κ1) is 20.9. The summed E-state index contributed by atoms with van der Waals surface area (Å²) in [5.74, 6) is -0.517. The highest BCUT2D eigenvalue weighted by Gasteiger charge is 2.37. The lowest BCUT2D eigenvalue weighted by molar-refractivity contribution is -0.144. The van der Waals surface area contributed by atoms with Crippen molar-refractivity contribution in [2.75, 3.05) is 18.4 Å². The average molecular weight is 425 g/mol. The van der Waals surface area contributed by atoms with E-state index in [-0.39, 0.29) is 29.3 Å². The van der Waals surface area contributed by atoms with Crippen molar-refractivity contribution in [3.8, 4) is 0 Å². The van der Waals surface area contributed by atoms with Gasteiger partial charge in [0.15, 0.2) is 0 Å². The zero-order chi connectivity index (χ0) is 22.4. The summed E-state index contributed by atoms with van der Waals surface area (Å²) in [6.07, 6.45) is 0. The number of fused-ring (bicyclic) bond motifs is 1. The van der Waals surface area contributed by atoms with Crippen molar-refractivity contribution in [2.45, 2.75) is 27.3 Å². The first-order valence-corrected chi connectivity index (χ1v) is 10.4. The number of hydrogen-bond acceptors (Lipinski definition) is 4. The Morgan fingerprint density at radius 1 is 1.13 bits per heavy atom. The minimum absolute atomic E-state index is 0.0392. The van der Waals surface area contributed by atoms with Crippen LogP contribution in [0, 0.1) is 25.7 Å². The predicted octanol–water partition coefficient (Wildman–Crippen LogP) is 1.42. The number of amides is 2. The van der Waals surface area contributed by atoms with Crippen LogP contribution in [0.4, 0.5) is 5.69 Å². The number of benzene rings is 1. The number of aromatic nitrogens is 4. The van der Waals surface area contributed by atoms with Crippen LogP contribution in [0.15, 0.2) is 29.1 Å². The molecule has 1 aliphatic rings. The van der Waals surface area contributed by atoms with E-state index >= 15 is 0 Å². The van der Waals surface area contributed by atoms with E-state index in [0.717, 1.165) is 22.4 Å². The Bertz CT molecular complexity index is 1230. The molecule has 1 atom stereocenters. The predicted molar refractivity (Wildman–Crippen MR) is 118 cm³/mol. The van der Waals surface area contributed by atoms with Gasteiger partial charge in [0.05, 0.1) is 35.1 Å². The lowest BCUT2D eigenvalue weighted by Crippen LogP contribution is -2.56. The molecule has 1 aliphatic heterocycles. The number of aryl methyl sites for hydroxylation is 4. The molecule has 1 unspecified atom stereocenters. The van der Waals surface area contributed by atoms with Crippen molar-refractivity contribution < 1.29 is 9.59 Å². The van der Waals surface area contributed by atoms with E-state index in [1.165, 1.54) is 0 Å². The smallest absolute Gasteiger partial charge is 0.328 e. The number of imidazole rings is 1. The highest BCUT2D eigenvalue weighted by atomic mass is 16.2. The summed E-state index contributed by atoms with van der Waals surface area (Å²) < 4.78 is 4.98. The van der Waals surface area contributed by atoms with Gasteiger partial charge in [-0.2, -0.15) is 5.10 Å². The summed E-state index contributed by atoms with van der Waals surface area (Å²) in [5.41, 5.74) is 4.07. The quantitative estimate of drug-likeness (QED) is 0.670. The van der Waals surface area contributed by atoms with E-state index in [1.807, 2.05) is 37.6 Å². The molecule has 0 spiro atoms. The number of nitrogens with one attached hydrogen (secondary N) is 1. The first-order chi connectivity index (χ1) is 14.7.